The normalized spacial score (nSPS) is 10.8. The molecule has 1 N–H and O–H groups in total. The van der Waals surface area contributed by atoms with Crippen LogP contribution in [0.2, 0.25) is 0 Å². The summed E-state index contributed by atoms with van der Waals surface area (Å²) in [4.78, 5) is 29.6. The average Bonchev–Trinajstić information content (AvgIpc) is 3.21. The number of rotatable bonds is 6. The van der Waals surface area contributed by atoms with Crippen molar-refractivity contribution in [1.29, 1.82) is 0 Å². The zero-order valence-corrected chi connectivity index (χ0v) is 17.2. The number of carbonyl (C=O) groups is 1. The van der Waals surface area contributed by atoms with Gasteiger partial charge in [0.1, 0.15) is 24.4 Å². The van der Waals surface area contributed by atoms with Crippen LogP contribution >= 0.6 is 0 Å². The first kappa shape index (κ1) is 20.1. The number of benzene rings is 2. The molecule has 0 aliphatic rings. The molecule has 0 fully saturated rings. The van der Waals surface area contributed by atoms with Crippen LogP contribution in [0.1, 0.15) is 5.56 Å². The third-order valence-electron chi connectivity index (χ3n) is 4.70. The van der Waals surface area contributed by atoms with Gasteiger partial charge in [-0.1, -0.05) is 22.9 Å². The number of hydrogen-bond acceptors (Lipinski definition) is 7. The number of nitrogens with zero attached hydrogens (tertiary/aromatic N) is 5. The molecular weight excluding hydrogens is 400 g/mol. The highest BCUT2D eigenvalue weighted by molar-refractivity contribution is 5.92. The standard InChI is InChI=1S/C21H20N6O4/c1-13-4-6-14(7-5-13)27-20-19(24-25-27)21(29)26(12-22-20)11-18(28)23-16-9-8-15(30-2)10-17(16)31-3/h4-10,12H,11H2,1-3H3,(H,23,28). The van der Waals surface area contributed by atoms with E-state index in [2.05, 4.69) is 20.6 Å². The van der Waals surface area contributed by atoms with Crippen LogP contribution < -0.4 is 20.3 Å². The van der Waals surface area contributed by atoms with Gasteiger partial charge in [-0.25, -0.2) is 4.98 Å². The molecule has 158 valence electrons. The Labute approximate surface area is 177 Å². The van der Waals surface area contributed by atoms with Crippen LogP contribution in [0, 0.1) is 6.92 Å². The van der Waals surface area contributed by atoms with Crippen molar-refractivity contribution in [3.8, 4) is 17.2 Å². The Kier molecular flexibility index (Phi) is 5.35. The maximum atomic E-state index is 12.8. The molecule has 0 aliphatic carbocycles. The van der Waals surface area contributed by atoms with Gasteiger partial charge in [-0.15, -0.1) is 5.10 Å². The van der Waals surface area contributed by atoms with Gasteiger partial charge in [-0.2, -0.15) is 4.68 Å². The van der Waals surface area contributed by atoms with E-state index in [1.165, 1.54) is 29.8 Å². The number of anilines is 1. The SMILES string of the molecule is COc1ccc(NC(=O)Cn2cnc3c(nnn3-c3ccc(C)cc3)c2=O)c(OC)c1. The van der Waals surface area contributed by atoms with Crippen LogP contribution in [0.5, 0.6) is 11.5 Å². The molecule has 10 heteroatoms. The zero-order chi connectivity index (χ0) is 22.0. The average molecular weight is 420 g/mol. The van der Waals surface area contributed by atoms with Gasteiger partial charge in [-0.05, 0) is 31.2 Å². The van der Waals surface area contributed by atoms with Gasteiger partial charge >= 0.3 is 0 Å². The molecule has 4 aromatic rings. The quantitative estimate of drug-likeness (QED) is 0.507. The topological polar surface area (TPSA) is 113 Å². The molecule has 0 aliphatic heterocycles. The fourth-order valence-electron chi connectivity index (χ4n) is 3.06. The Hall–Kier alpha value is -4.21. The number of methoxy groups -OCH3 is 2. The monoisotopic (exact) mass is 420 g/mol. The summed E-state index contributed by atoms with van der Waals surface area (Å²) >= 11 is 0. The maximum Gasteiger partial charge on any atom is 0.284 e. The Balaban J connectivity index is 1.58. The smallest absolute Gasteiger partial charge is 0.284 e. The van der Waals surface area contributed by atoms with Gasteiger partial charge in [0.25, 0.3) is 5.56 Å². The van der Waals surface area contributed by atoms with E-state index >= 15 is 0 Å². The van der Waals surface area contributed by atoms with Crippen molar-refractivity contribution < 1.29 is 14.3 Å². The molecule has 0 atom stereocenters. The Morgan fingerprint density at radius 1 is 1.10 bits per heavy atom. The predicted octanol–water partition coefficient (Wildman–Crippen LogP) is 1.94. The molecule has 1 amide bonds. The van der Waals surface area contributed by atoms with Crippen molar-refractivity contribution in [3.05, 3.63) is 64.7 Å². The molecule has 2 aromatic carbocycles. The number of ether oxygens (including phenoxy) is 2. The van der Waals surface area contributed by atoms with Crippen molar-refractivity contribution in [2.45, 2.75) is 13.5 Å². The first-order valence-electron chi connectivity index (χ1n) is 9.40. The number of amides is 1. The van der Waals surface area contributed by atoms with Crippen LogP contribution in [0.25, 0.3) is 16.9 Å². The Morgan fingerprint density at radius 2 is 1.87 bits per heavy atom. The summed E-state index contributed by atoms with van der Waals surface area (Å²) in [5, 5.41) is 10.7. The van der Waals surface area contributed by atoms with Crippen LogP contribution in [-0.4, -0.2) is 44.7 Å². The second-order valence-electron chi connectivity index (χ2n) is 6.80. The summed E-state index contributed by atoms with van der Waals surface area (Å²) in [7, 11) is 3.03. The van der Waals surface area contributed by atoms with E-state index in [1.807, 2.05) is 31.2 Å². The summed E-state index contributed by atoms with van der Waals surface area (Å²) in [5.41, 5.74) is 2.24. The lowest BCUT2D eigenvalue weighted by Gasteiger charge is -2.12. The maximum absolute atomic E-state index is 12.8. The fourth-order valence-corrected chi connectivity index (χ4v) is 3.06. The van der Waals surface area contributed by atoms with E-state index in [1.54, 1.807) is 18.2 Å². The largest absolute Gasteiger partial charge is 0.497 e. The second-order valence-corrected chi connectivity index (χ2v) is 6.80. The van der Waals surface area contributed by atoms with E-state index < -0.39 is 11.5 Å². The minimum absolute atomic E-state index is 0.0814. The van der Waals surface area contributed by atoms with Gasteiger partial charge in [-0.3, -0.25) is 14.2 Å². The van der Waals surface area contributed by atoms with Crippen LogP contribution in [-0.2, 0) is 11.3 Å². The van der Waals surface area contributed by atoms with Gasteiger partial charge < -0.3 is 14.8 Å². The molecule has 0 bridgehead atoms. The number of hydrogen-bond donors (Lipinski definition) is 1. The molecule has 0 unspecified atom stereocenters. The molecule has 0 saturated heterocycles. The van der Waals surface area contributed by atoms with E-state index in [-0.39, 0.29) is 12.1 Å². The van der Waals surface area contributed by atoms with Crippen molar-refractivity contribution in [1.82, 2.24) is 24.5 Å². The zero-order valence-electron chi connectivity index (χ0n) is 17.2. The lowest BCUT2D eigenvalue weighted by molar-refractivity contribution is -0.116. The number of nitrogens with one attached hydrogen (secondary N) is 1. The molecule has 10 nitrogen and oxygen atoms in total. The third kappa shape index (κ3) is 3.95. The van der Waals surface area contributed by atoms with Gasteiger partial charge in [0.15, 0.2) is 11.2 Å². The first-order chi connectivity index (χ1) is 15.0. The van der Waals surface area contributed by atoms with E-state index in [0.717, 1.165) is 11.3 Å². The third-order valence-corrected chi connectivity index (χ3v) is 4.70. The number of carbonyl (C=O) groups excluding carboxylic acids is 1. The molecule has 31 heavy (non-hydrogen) atoms. The fraction of sp³-hybridized carbons (Fsp3) is 0.190. The highest BCUT2D eigenvalue weighted by Crippen LogP contribution is 2.28. The number of aromatic nitrogens is 5. The van der Waals surface area contributed by atoms with Crippen molar-refractivity contribution in [2.75, 3.05) is 19.5 Å². The molecular formula is C21H20N6O4. The van der Waals surface area contributed by atoms with Crippen LogP contribution in [0.4, 0.5) is 5.69 Å². The predicted molar refractivity (Wildman–Crippen MR) is 114 cm³/mol. The van der Waals surface area contributed by atoms with E-state index in [9.17, 15) is 9.59 Å². The highest BCUT2D eigenvalue weighted by Gasteiger charge is 2.16. The summed E-state index contributed by atoms with van der Waals surface area (Å²) in [6, 6.07) is 12.6. The van der Waals surface area contributed by atoms with Crippen LogP contribution in [0.15, 0.2) is 53.6 Å². The highest BCUT2D eigenvalue weighted by atomic mass is 16.5. The molecule has 0 radical (unpaired) electrons. The first-order valence-corrected chi connectivity index (χ1v) is 9.40. The molecule has 2 aromatic heterocycles. The summed E-state index contributed by atoms with van der Waals surface area (Å²) in [6.07, 6.45) is 1.31. The summed E-state index contributed by atoms with van der Waals surface area (Å²) in [6.45, 7) is 1.74. The molecule has 4 rings (SSSR count). The number of fused-ring (bicyclic) bond motifs is 1. The van der Waals surface area contributed by atoms with Crippen molar-refractivity contribution in [2.24, 2.45) is 0 Å². The van der Waals surface area contributed by atoms with Gasteiger partial charge in [0, 0.05) is 6.07 Å². The minimum Gasteiger partial charge on any atom is -0.497 e. The van der Waals surface area contributed by atoms with Crippen molar-refractivity contribution >= 4 is 22.8 Å². The minimum atomic E-state index is -0.458. The Bertz CT molecular complexity index is 1310. The van der Waals surface area contributed by atoms with Crippen molar-refractivity contribution in [3.63, 3.8) is 0 Å². The lowest BCUT2D eigenvalue weighted by atomic mass is 10.2. The number of aryl methyl sites for hydroxylation is 1. The van der Waals surface area contributed by atoms with E-state index in [4.69, 9.17) is 9.47 Å². The molecule has 0 saturated carbocycles. The molecule has 0 spiro atoms. The van der Waals surface area contributed by atoms with Crippen LogP contribution in [0.3, 0.4) is 0 Å². The Morgan fingerprint density at radius 3 is 2.58 bits per heavy atom. The van der Waals surface area contributed by atoms with Gasteiger partial charge in [0.05, 0.1) is 25.6 Å². The summed E-state index contributed by atoms with van der Waals surface area (Å²) < 4.78 is 13.1. The second kappa shape index (κ2) is 8.27. The van der Waals surface area contributed by atoms with Gasteiger partial charge in [0.2, 0.25) is 5.91 Å². The van der Waals surface area contributed by atoms with E-state index in [0.29, 0.717) is 22.8 Å². The summed E-state index contributed by atoms with van der Waals surface area (Å²) in [5.74, 6) is 0.615. The lowest BCUT2D eigenvalue weighted by Crippen LogP contribution is -2.28. The molecule has 2 heterocycles.